The molecule has 2 heterocycles. The summed E-state index contributed by atoms with van der Waals surface area (Å²) in [6, 6.07) is 26.2. The van der Waals surface area contributed by atoms with E-state index in [-0.39, 0.29) is 12.1 Å². The summed E-state index contributed by atoms with van der Waals surface area (Å²) in [4.78, 5) is 15.8. The average Bonchev–Trinajstić information content (AvgIpc) is 3.26. The van der Waals surface area contributed by atoms with Crippen molar-refractivity contribution in [3.63, 3.8) is 0 Å². The molecule has 3 aromatic carbocycles. The summed E-state index contributed by atoms with van der Waals surface area (Å²) >= 11 is 0. The van der Waals surface area contributed by atoms with Crippen molar-refractivity contribution in [2.75, 3.05) is 11.9 Å². The summed E-state index contributed by atoms with van der Waals surface area (Å²) in [5.74, 6) is 0.824. The van der Waals surface area contributed by atoms with E-state index in [4.69, 9.17) is 4.74 Å². The average molecular weight is 452 g/mol. The standard InChI is InChI=1S/C29H29N3O2/c1-4-34-24-15-13-22(14-16-24)28-27-10-7-17-31(27)26-9-6-5-8-23(26)19-32(28)29(33)30-25-18-20(2)11-12-21(25)3/h5-18,28H,4,19H2,1-3H3,(H,30,33)/t28-/m1/s1. The van der Waals surface area contributed by atoms with E-state index in [0.717, 1.165) is 45.1 Å². The Balaban J connectivity index is 1.61. The largest absolute Gasteiger partial charge is 0.494 e. The van der Waals surface area contributed by atoms with Gasteiger partial charge in [-0.15, -0.1) is 0 Å². The maximum Gasteiger partial charge on any atom is 0.322 e. The Labute approximate surface area is 200 Å². The van der Waals surface area contributed by atoms with Gasteiger partial charge in [-0.25, -0.2) is 4.79 Å². The minimum atomic E-state index is -0.261. The van der Waals surface area contributed by atoms with E-state index in [9.17, 15) is 4.79 Å². The van der Waals surface area contributed by atoms with Crippen LogP contribution in [0.15, 0.2) is 85.1 Å². The molecule has 0 unspecified atom stereocenters. The summed E-state index contributed by atoms with van der Waals surface area (Å²) in [6.07, 6.45) is 2.07. The van der Waals surface area contributed by atoms with Crippen molar-refractivity contribution in [1.29, 1.82) is 0 Å². The topological polar surface area (TPSA) is 46.5 Å². The number of carbonyl (C=O) groups excluding carboxylic acids is 1. The Morgan fingerprint density at radius 3 is 2.59 bits per heavy atom. The first kappa shape index (κ1) is 21.8. The van der Waals surface area contributed by atoms with E-state index in [2.05, 4.69) is 52.5 Å². The van der Waals surface area contributed by atoms with Crippen molar-refractivity contribution in [2.24, 2.45) is 0 Å². The quantitative estimate of drug-likeness (QED) is 0.378. The summed E-state index contributed by atoms with van der Waals surface area (Å²) in [5, 5.41) is 3.19. The van der Waals surface area contributed by atoms with Gasteiger partial charge in [0.25, 0.3) is 0 Å². The molecule has 0 spiro atoms. The molecule has 1 aromatic heterocycles. The molecule has 0 fully saturated rings. The zero-order chi connectivity index (χ0) is 23.7. The number of aromatic nitrogens is 1. The molecular formula is C29H29N3O2. The Bertz CT molecular complexity index is 1320. The van der Waals surface area contributed by atoms with Crippen molar-refractivity contribution in [2.45, 2.75) is 33.4 Å². The van der Waals surface area contributed by atoms with Gasteiger partial charge in [-0.2, -0.15) is 0 Å². The molecule has 1 N–H and O–H groups in total. The fraction of sp³-hybridized carbons (Fsp3) is 0.207. The lowest BCUT2D eigenvalue weighted by molar-refractivity contribution is 0.194. The first-order valence-electron chi connectivity index (χ1n) is 11.7. The van der Waals surface area contributed by atoms with Gasteiger partial charge in [0.15, 0.2) is 0 Å². The Morgan fingerprint density at radius 1 is 1.00 bits per heavy atom. The fourth-order valence-electron chi connectivity index (χ4n) is 4.66. The number of hydrogen-bond donors (Lipinski definition) is 1. The molecule has 5 heteroatoms. The van der Waals surface area contributed by atoms with Crippen molar-refractivity contribution in [1.82, 2.24) is 9.47 Å². The molecule has 2 amide bonds. The van der Waals surface area contributed by atoms with Crippen molar-refractivity contribution in [3.8, 4) is 11.4 Å². The van der Waals surface area contributed by atoms with Gasteiger partial charge in [0, 0.05) is 17.6 Å². The lowest BCUT2D eigenvalue weighted by Gasteiger charge is -2.31. The molecule has 5 nitrogen and oxygen atoms in total. The van der Waals surface area contributed by atoms with Gasteiger partial charge in [-0.1, -0.05) is 42.5 Å². The Morgan fingerprint density at radius 2 is 1.79 bits per heavy atom. The van der Waals surface area contributed by atoms with Crippen LogP contribution in [0.1, 0.15) is 40.9 Å². The van der Waals surface area contributed by atoms with Gasteiger partial charge < -0.3 is 19.5 Å². The molecule has 1 aliphatic rings. The lowest BCUT2D eigenvalue weighted by Crippen LogP contribution is -2.38. The van der Waals surface area contributed by atoms with E-state index >= 15 is 0 Å². The smallest absolute Gasteiger partial charge is 0.322 e. The molecule has 0 aliphatic carbocycles. The lowest BCUT2D eigenvalue weighted by atomic mass is 10.0. The molecule has 0 bridgehead atoms. The van der Waals surface area contributed by atoms with Crippen LogP contribution in [0, 0.1) is 13.8 Å². The number of urea groups is 1. The second kappa shape index (κ2) is 9.10. The number of benzene rings is 3. The number of nitrogens with zero attached hydrogens (tertiary/aromatic N) is 2. The van der Waals surface area contributed by atoms with E-state index in [1.165, 1.54) is 0 Å². The van der Waals surface area contributed by atoms with Crippen LogP contribution in [0.5, 0.6) is 5.75 Å². The highest BCUT2D eigenvalue weighted by atomic mass is 16.5. The number of para-hydroxylation sites is 1. The third-order valence-corrected chi connectivity index (χ3v) is 6.37. The van der Waals surface area contributed by atoms with Crippen LogP contribution in [0.2, 0.25) is 0 Å². The highest BCUT2D eigenvalue weighted by molar-refractivity contribution is 5.91. The first-order chi connectivity index (χ1) is 16.5. The van der Waals surface area contributed by atoms with Gasteiger partial charge in [-0.05, 0) is 79.4 Å². The number of hydrogen-bond acceptors (Lipinski definition) is 2. The minimum Gasteiger partial charge on any atom is -0.494 e. The zero-order valence-corrected chi connectivity index (χ0v) is 19.8. The fourth-order valence-corrected chi connectivity index (χ4v) is 4.66. The SMILES string of the molecule is CCOc1ccc([C@@H]2c3cccn3-c3ccccc3CN2C(=O)Nc2cc(C)ccc2C)cc1. The molecule has 1 atom stereocenters. The number of anilines is 1. The molecule has 172 valence electrons. The second-order valence-corrected chi connectivity index (χ2v) is 8.71. The normalized spacial score (nSPS) is 14.7. The van der Waals surface area contributed by atoms with Crippen LogP contribution in [-0.4, -0.2) is 22.1 Å². The predicted octanol–water partition coefficient (Wildman–Crippen LogP) is 6.63. The first-order valence-corrected chi connectivity index (χ1v) is 11.7. The molecule has 0 saturated heterocycles. The van der Waals surface area contributed by atoms with Crippen LogP contribution in [0.25, 0.3) is 5.69 Å². The molecular weight excluding hydrogens is 422 g/mol. The van der Waals surface area contributed by atoms with E-state index in [0.29, 0.717) is 13.2 Å². The third-order valence-electron chi connectivity index (χ3n) is 6.37. The van der Waals surface area contributed by atoms with Crippen LogP contribution in [-0.2, 0) is 6.54 Å². The van der Waals surface area contributed by atoms with Crippen molar-refractivity contribution < 1.29 is 9.53 Å². The van der Waals surface area contributed by atoms with Gasteiger partial charge in [0.05, 0.1) is 24.9 Å². The number of amides is 2. The molecule has 34 heavy (non-hydrogen) atoms. The molecule has 0 radical (unpaired) electrons. The van der Waals surface area contributed by atoms with E-state index < -0.39 is 0 Å². The highest BCUT2D eigenvalue weighted by Gasteiger charge is 2.33. The zero-order valence-electron chi connectivity index (χ0n) is 19.8. The van der Waals surface area contributed by atoms with Crippen molar-refractivity contribution in [3.05, 3.63) is 113 Å². The van der Waals surface area contributed by atoms with Gasteiger partial charge in [0.1, 0.15) is 5.75 Å². The highest BCUT2D eigenvalue weighted by Crippen LogP contribution is 2.37. The maximum atomic E-state index is 13.9. The third kappa shape index (κ3) is 4.05. The van der Waals surface area contributed by atoms with Crippen LogP contribution >= 0.6 is 0 Å². The number of rotatable bonds is 4. The second-order valence-electron chi connectivity index (χ2n) is 8.71. The number of ether oxygens (including phenoxy) is 1. The van der Waals surface area contributed by atoms with Gasteiger partial charge in [0.2, 0.25) is 0 Å². The molecule has 5 rings (SSSR count). The molecule has 1 aliphatic heterocycles. The summed E-state index contributed by atoms with van der Waals surface area (Å²) in [7, 11) is 0. The maximum absolute atomic E-state index is 13.9. The molecule has 4 aromatic rings. The van der Waals surface area contributed by atoms with Gasteiger partial charge >= 0.3 is 6.03 Å². The van der Waals surface area contributed by atoms with Crippen molar-refractivity contribution >= 4 is 11.7 Å². The van der Waals surface area contributed by atoms with Gasteiger partial charge in [-0.3, -0.25) is 0 Å². The summed E-state index contributed by atoms with van der Waals surface area (Å²) in [6.45, 7) is 7.13. The number of aryl methyl sites for hydroxylation is 2. The van der Waals surface area contributed by atoms with E-state index in [1.54, 1.807) is 0 Å². The van der Waals surface area contributed by atoms with Crippen LogP contribution in [0.4, 0.5) is 10.5 Å². The Kier molecular flexibility index (Phi) is 5.84. The summed E-state index contributed by atoms with van der Waals surface area (Å²) < 4.78 is 7.85. The minimum absolute atomic E-state index is 0.128. The number of fused-ring (bicyclic) bond motifs is 3. The Hall–Kier alpha value is -3.99. The van der Waals surface area contributed by atoms with Crippen LogP contribution in [0.3, 0.4) is 0 Å². The number of nitrogens with one attached hydrogen (secondary N) is 1. The predicted molar refractivity (Wildman–Crippen MR) is 136 cm³/mol. The molecule has 0 saturated carbocycles. The van der Waals surface area contributed by atoms with Crippen LogP contribution < -0.4 is 10.1 Å². The van der Waals surface area contributed by atoms with E-state index in [1.807, 2.05) is 68.1 Å². The monoisotopic (exact) mass is 451 g/mol. The number of carbonyl (C=O) groups is 1. The summed E-state index contributed by atoms with van der Waals surface area (Å²) in [5.41, 5.74) is 7.26.